The molecule has 0 amide bonds. The van der Waals surface area contributed by atoms with Crippen LogP contribution in [0, 0.1) is 0 Å². The number of rotatable bonds is 5. The molecule has 0 unspecified atom stereocenters. The summed E-state index contributed by atoms with van der Waals surface area (Å²) in [7, 11) is -1.42. The van der Waals surface area contributed by atoms with Crippen LogP contribution in [-0.2, 0) is 14.0 Å². The first-order valence-corrected chi connectivity index (χ1v) is 5.97. The Morgan fingerprint density at radius 1 is 1.58 bits per heavy atom. The predicted octanol–water partition coefficient (Wildman–Crippen LogP) is 1.55. The topological polar surface area (TPSA) is 43.4 Å². The highest BCUT2D eigenvalue weighted by molar-refractivity contribution is 6.40. The molecule has 0 atom stereocenters. The fourth-order valence-corrected chi connectivity index (χ4v) is 1.25. The number of hydrogen-bond acceptors (Lipinski definition) is 3. The van der Waals surface area contributed by atoms with Crippen molar-refractivity contribution in [1.82, 2.24) is 0 Å². The van der Waals surface area contributed by atoms with Gasteiger partial charge in [0, 0.05) is 5.57 Å². The van der Waals surface area contributed by atoms with Gasteiger partial charge in [0.05, 0.1) is 6.61 Å². The molecule has 0 bridgehead atoms. The van der Waals surface area contributed by atoms with Crippen molar-refractivity contribution in [3.8, 4) is 0 Å². The summed E-state index contributed by atoms with van der Waals surface area (Å²) in [5.41, 5.74) is 0.402. The first-order chi connectivity index (χ1) is 5.54. The lowest BCUT2D eigenvalue weighted by molar-refractivity contribution is -0.138. The van der Waals surface area contributed by atoms with Gasteiger partial charge in [0.15, 0.2) is 0 Å². The second-order valence-electron chi connectivity index (χ2n) is 2.72. The number of carbonyl (C=O) groups excluding carboxylic acids is 1. The average molecular weight is 186 g/mol. The molecule has 0 fully saturated rings. The molecule has 4 heteroatoms. The maximum Gasteiger partial charge on any atom is 0.333 e. The molecular formula is C8H14O3Si. The second kappa shape index (κ2) is 5.82. The molecule has 0 aliphatic rings. The largest absolute Gasteiger partial charge is 0.462 e. The summed E-state index contributed by atoms with van der Waals surface area (Å²) >= 11 is 0. The minimum absolute atomic E-state index is 0.343. The van der Waals surface area contributed by atoms with Gasteiger partial charge < -0.3 is 9.20 Å². The Hall–Kier alpha value is -0.773. The van der Waals surface area contributed by atoms with Gasteiger partial charge in [0.25, 0.3) is 8.68 Å². The van der Waals surface area contributed by atoms with Gasteiger partial charge in [-0.3, -0.25) is 0 Å². The molecule has 12 heavy (non-hydrogen) atoms. The third-order valence-electron chi connectivity index (χ3n) is 1.25. The van der Waals surface area contributed by atoms with Crippen LogP contribution in [-0.4, -0.2) is 21.3 Å². The van der Waals surface area contributed by atoms with Gasteiger partial charge in [-0.1, -0.05) is 6.58 Å². The van der Waals surface area contributed by atoms with E-state index < -0.39 is 8.68 Å². The lowest BCUT2D eigenvalue weighted by atomic mass is 10.4. The quantitative estimate of drug-likeness (QED) is 0.283. The molecule has 0 aliphatic carbocycles. The van der Waals surface area contributed by atoms with Gasteiger partial charge in [-0.25, -0.2) is 4.79 Å². The van der Waals surface area contributed by atoms with E-state index in [1.807, 2.05) is 0 Å². The van der Waals surface area contributed by atoms with Crippen molar-refractivity contribution in [1.29, 1.82) is 0 Å². The van der Waals surface area contributed by atoms with E-state index in [9.17, 15) is 9.26 Å². The van der Waals surface area contributed by atoms with Crippen molar-refractivity contribution in [3.05, 3.63) is 12.2 Å². The number of ether oxygens (including phenoxy) is 1. The summed E-state index contributed by atoms with van der Waals surface area (Å²) < 4.78 is 15.4. The summed E-state index contributed by atoms with van der Waals surface area (Å²) in [6, 6.07) is 0.647. The van der Waals surface area contributed by atoms with Crippen molar-refractivity contribution in [2.24, 2.45) is 0 Å². The van der Waals surface area contributed by atoms with Gasteiger partial charge in [0.1, 0.15) is 0 Å². The summed E-state index contributed by atoms with van der Waals surface area (Å²) in [6.45, 7) is 7.08. The van der Waals surface area contributed by atoms with Crippen molar-refractivity contribution in [3.63, 3.8) is 0 Å². The van der Waals surface area contributed by atoms with Crippen LogP contribution in [0.3, 0.4) is 0 Å². The molecule has 3 nitrogen and oxygen atoms in total. The van der Waals surface area contributed by atoms with Crippen molar-refractivity contribution in [2.75, 3.05) is 6.61 Å². The van der Waals surface area contributed by atoms with Crippen LogP contribution in [0.15, 0.2) is 12.2 Å². The summed E-state index contributed by atoms with van der Waals surface area (Å²) in [5.74, 6) is -0.370. The van der Waals surface area contributed by atoms with Crippen molar-refractivity contribution < 1.29 is 14.0 Å². The van der Waals surface area contributed by atoms with Gasteiger partial charge in [-0.15, -0.1) is 0 Å². The molecule has 0 aromatic heterocycles. The second-order valence-corrected chi connectivity index (χ2v) is 4.63. The summed E-state index contributed by atoms with van der Waals surface area (Å²) in [4.78, 5) is 10.8. The van der Waals surface area contributed by atoms with Gasteiger partial charge in [-0.2, -0.15) is 0 Å². The minimum atomic E-state index is -1.42. The Balaban J connectivity index is 3.38. The molecule has 0 saturated heterocycles. The van der Waals surface area contributed by atoms with Crippen LogP contribution in [0.1, 0.15) is 13.3 Å². The van der Waals surface area contributed by atoms with E-state index >= 15 is 0 Å². The van der Waals surface area contributed by atoms with Crippen LogP contribution in [0.5, 0.6) is 0 Å². The molecule has 0 radical (unpaired) electrons. The summed E-state index contributed by atoms with van der Waals surface area (Å²) in [6.07, 6.45) is 0.674. The molecule has 0 saturated carbocycles. The Labute approximate surface area is 74.1 Å². The summed E-state index contributed by atoms with van der Waals surface area (Å²) in [5, 5.41) is 0. The maximum absolute atomic E-state index is 10.8. The van der Waals surface area contributed by atoms with Crippen LogP contribution in [0.2, 0.25) is 12.6 Å². The SMILES string of the molecule is C=C(C)C(=O)OCCC[Si](C)=O. The van der Waals surface area contributed by atoms with Crippen LogP contribution < -0.4 is 0 Å². The molecule has 0 spiro atoms. The Morgan fingerprint density at radius 3 is 2.58 bits per heavy atom. The first-order valence-electron chi connectivity index (χ1n) is 3.86. The molecule has 68 valence electrons. The Kier molecular flexibility index (Phi) is 5.45. The highest BCUT2D eigenvalue weighted by Crippen LogP contribution is 1.96. The Morgan fingerprint density at radius 2 is 2.17 bits per heavy atom. The third kappa shape index (κ3) is 5.97. The number of hydrogen-bond donors (Lipinski definition) is 0. The minimum Gasteiger partial charge on any atom is -0.462 e. The van der Waals surface area contributed by atoms with Crippen LogP contribution in [0.25, 0.3) is 0 Å². The number of carbonyl (C=O) groups is 1. The first kappa shape index (κ1) is 11.2. The highest BCUT2D eigenvalue weighted by atomic mass is 28.3. The fraction of sp³-hybridized carbons (Fsp3) is 0.625. The molecular weight excluding hydrogens is 172 g/mol. The highest BCUT2D eigenvalue weighted by Gasteiger charge is 2.02. The maximum atomic E-state index is 10.8. The van der Waals surface area contributed by atoms with E-state index in [1.165, 1.54) is 0 Å². The van der Waals surface area contributed by atoms with Crippen LogP contribution >= 0.6 is 0 Å². The molecule has 0 N–H and O–H groups in total. The normalized spacial score (nSPS) is 9.17. The monoisotopic (exact) mass is 186 g/mol. The van der Waals surface area contributed by atoms with E-state index in [0.29, 0.717) is 24.6 Å². The molecule has 0 aliphatic heterocycles. The predicted molar refractivity (Wildman–Crippen MR) is 47.5 cm³/mol. The average Bonchev–Trinajstić information content (AvgIpc) is 1.97. The van der Waals surface area contributed by atoms with Gasteiger partial charge in [-0.05, 0) is 25.9 Å². The Bertz CT molecular complexity index is 198. The molecule has 0 aromatic carbocycles. The van der Waals surface area contributed by atoms with Crippen LogP contribution in [0.4, 0.5) is 0 Å². The van der Waals surface area contributed by atoms with E-state index in [2.05, 4.69) is 6.58 Å². The smallest absolute Gasteiger partial charge is 0.333 e. The van der Waals surface area contributed by atoms with E-state index in [-0.39, 0.29) is 5.97 Å². The zero-order valence-corrected chi connectivity index (χ0v) is 8.55. The zero-order chi connectivity index (χ0) is 9.56. The van der Waals surface area contributed by atoms with Crippen molar-refractivity contribution >= 4 is 14.7 Å². The van der Waals surface area contributed by atoms with Gasteiger partial charge >= 0.3 is 5.97 Å². The zero-order valence-electron chi connectivity index (χ0n) is 7.55. The fourth-order valence-electron chi connectivity index (χ4n) is 0.609. The van der Waals surface area contributed by atoms with Gasteiger partial charge in [0.2, 0.25) is 0 Å². The lowest BCUT2D eigenvalue weighted by Crippen LogP contribution is -2.07. The van der Waals surface area contributed by atoms with E-state index in [4.69, 9.17) is 4.74 Å². The van der Waals surface area contributed by atoms with E-state index in [0.717, 1.165) is 0 Å². The van der Waals surface area contributed by atoms with Crippen molar-refractivity contribution in [2.45, 2.75) is 25.9 Å². The molecule has 0 rings (SSSR count). The molecule has 0 aromatic rings. The lowest BCUT2D eigenvalue weighted by Gasteiger charge is -2.01. The van der Waals surface area contributed by atoms with E-state index in [1.54, 1.807) is 13.5 Å². The standard InChI is InChI=1S/C8H14O3Si/c1-7(2)8(9)11-5-4-6-12(3)10/h1,4-6H2,2-3H3. The molecule has 0 heterocycles. The third-order valence-corrected chi connectivity index (χ3v) is 2.31. The number of esters is 1.